The number of amides is 1. The summed E-state index contributed by atoms with van der Waals surface area (Å²) in [5.41, 5.74) is 1.03. The lowest BCUT2D eigenvalue weighted by molar-refractivity contribution is -0.114. The van der Waals surface area contributed by atoms with Gasteiger partial charge in [-0.1, -0.05) is 13.8 Å². The monoisotopic (exact) mass is 238 g/mol. The molecule has 0 aromatic heterocycles. The fraction of sp³-hybridized carbons (Fsp3) is 0.462. The molecule has 0 unspecified atom stereocenters. The van der Waals surface area contributed by atoms with Crippen LogP contribution in [0.25, 0.3) is 0 Å². The van der Waals surface area contributed by atoms with Crippen LogP contribution < -0.4 is 10.6 Å². The maximum atomic E-state index is 13.3. The van der Waals surface area contributed by atoms with E-state index in [0.29, 0.717) is 5.92 Å². The summed E-state index contributed by atoms with van der Waals surface area (Å²) < 4.78 is 13.3. The maximum Gasteiger partial charge on any atom is 0.221 e. The molecule has 0 saturated heterocycles. The summed E-state index contributed by atoms with van der Waals surface area (Å²) >= 11 is 0. The van der Waals surface area contributed by atoms with E-state index in [1.165, 1.54) is 13.0 Å². The molecule has 0 saturated carbocycles. The number of rotatable bonds is 5. The van der Waals surface area contributed by atoms with Crippen LogP contribution in [0.1, 0.15) is 27.2 Å². The molecule has 1 aromatic carbocycles. The van der Waals surface area contributed by atoms with Gasteiger partial charge in [-0.25, -0.2) is 4.39 Å². The number of benzene rings is 1. The Kier molecular flexibility index (Phi) is 4.94. The van der Waals surface area contributed by atoms with Crippen molar-refractivity contribution in [3.8, 4) is 0 Å². The highest BCUT2D eigenvalue weighted by molar-refractivity contribution is 5.89. The van der Waals surface area contributed by atoms with Gasteiger partial charge in [0.2, 0.25) is 5.91 Å². The molecule has 4 heteroatoms. The molecule has 0 aliphatic carbocycles. The van der Waals surface area contributed by atoms with Crippen LogP contribution in [0.3, 0.4) is 0 Å². The highest BCUT2D eigenvalue weighted by atomic mass is 19.1. The molecule has 17 heavy (non-hydrogen) atoms. The normalized spacial score (nSPS) is 10.4. The fourth-order valence-electron chi connectivity index (χ4n) is 1.43. The molecular weight excluding hydrogens is 219 g/mol. The third kappa shape index (κ3) is 4.85. The van der Waals surface area contributed by atoms with Gasteiger partial charge in [0.15, 0.2) is 0 Å². The molecule has 0 fully saturated rings. The average Bonchev–Trinajstić information content (AvgIpc) is 2.21. The second-order valence-corrected chi connectivity index (χ2v) is 4.49. The molecule has 0 spiro atoms. The summed E-state index contributed by atoms with van der Waals surface area (Å²) in [7, 11) is 0. The summed E-state index contributed by atoms with van der Waals surface area (Å²) in [6.07, 6.45) is 1.05. The summed E-state index contributed by atoms with van der Waals surface area (Å²) in [5.74, 6) is -0.0735. The molecule has 1 rings (SSSR count). The first kappa shape index (κ1) is 13.5. The maximum absolute atomic E-state index is 13.3. The Labute approximate surface area is 101 Å². The van der Waals surface area contributed by atoms with E-state index in [0.717, 1.165) is 18.7 Å². The number of carbonyl (C=O) groups excluding carboxylic acids is 1. The molecule has 0 aliphatic heterocycles. The number of carbonyl (C=O) groups is 1. The third-order valence-corrected chi connectivity index (χ3v) is 2.33. The van der Waals surface area contributed by atoms with E-state index >= 15 is 0 Å². The Hall–Kier alpha value is -1.58. The average molecular weight is 238 g/mol. The zero-order chi connectivity index (χ0) is 12.8. The SMILES string of the molecule is CC(=O)Nc1cc(NCCC(C)C)ccc1F. The Morgan fingerprint density at radius 3 is 2.71 bits per heavy atom. The molecule has 0 aliphatic rings. The van der Waals surface area contributed by atoms with Crippen molar-refractivity contribution in [3.05, 3.63) is 24.0 Å². The fourth-order valence-corrected chi connectivity index (χ4v) is 1.43. The Bertz CT molecular complexity index is 391. The predicted octanol–water partition coefficient (Wildman–Crippen LogP) is 3.24. The largest absolute Gasteiger partial charge is 0.385 e. The molecular formula is C13H19FN2O. The van der Waals surface area contributed by atoms with Crippen LogP contribution in [0, 0.1) is 11.7 Å². The van der Waals surface area contributed by atoms with Gasteiger partial charge in [0, 0.05) is 19.2 Å². The van der Waals surface area contributed by atoms with Crippen molar-refractivity contribution in [2.24, 2.45) is 5.92 Å². The molecule has 0 atom stereocenters. The van der Waals surface area contributed by atoms with Crippen LogP contribution in [0.5, 0.6) is 0 Å². The summed E-state index contributed by atoms with van der Waals surface area (Å²) in [4.78, 5) is 10.9. The van der Waals surface area contributed by atoms with E-state index in [2.05, 4.69) is 24.5 Å². The first-order valence-electron chi connectivity index (χ1n) is 5.80. The van der Waals surface area contributed by atoms with E-state index in [9.17, 15) is 9.18 Å². The summed E-state index contributed by atoms with van der Waals surface area (Å²) in [5, 5.41) is 5.66. The molecule has 3 nitrogen and oxygen atoms in total. The predicted molar refractivity (Wildman–Crippen MR) is 68.6 cm³/mol. The van der Waals surface area contributed by atoms with Gasteiger partial charge in [-0.05, 0) is 30.5 Å². The number of hydrogen-bond acceptors (Lipinski definition) is 2. The minimum atomic E-state index is -0.422. The van der Waals surface area contributed by atoms with Gasteiger partial charge in [0.05, 0.1) is 5.69 Å². The van der Waals surface area contributed by atoms with Crippen LogP contribution >= 0.6 is 0 Å². The Morgan fingerprint density at radius 2 is 2.12 bits per heavy atom. The zero-order valence-electron chi connectivity index (χ0n) is 10.5. The topological polar surface area (TPSA) is 41.1 Å². The Balaban J connectivity index is 2.64. The van der Waals surface area contributed by atoms with Crippen molar-refractivity contribution in [3.63, 3.8) is 0 Å². The van der Waals surface area contributed by atoms with E-state index in [1.54, 1.807) is 12.1 Å². The highest BCUT2D eigenvalue weighted by Gasteiger charge is 2.05. The van der Waals surface area contributed by atoms with Crippen LogP contribution in [-0.4, -0.2) is 12.5 Å². The van der Waals surface area contributed by atoms with Crippen molar-refractivity contribution < 1.29 is 9.18 Å². The quantitative estimate of drug-likeness (QED) is 0.826. The van der Waals surface area contributed by atoms with E-state index in [4.69, 9.17) is 0 Å². The van der Waals surface area contributed by atoms with Crippen molar-refractivity contribution in [1.29, 1.82) is 0 Å². The minimum absolute atomic E-state index is 0.215. The van der Waals surface area contributed by atoms with Gasteiger partial charge in [0.25, 0.3) is 0 Å². The number of anilines is 2. The van der Waals surface area contributed by atoms with Gasteiger partial charge in [0.1, 0.15) is 5.82 Å². The molecule has 0 radical (unpaired) electrons. The lowest BCUT2D eigenvalue weighted by Crippen LogP contribution is -2.09. The highest BCUT2D eigenvalue weighted by Crippen LogP contribution is 2.19. The van der Waals surface area contributed by atoms with Gasteiger partial charge in [-0.3, -0.25) is 4.79 Å². The summed E-state index contributed by atoms with van der Waals surface area (Å²) in [6.45, 7) is 6.49. The zero-order valence-corrected chi connectivity index (χ0v) is 10.5. The molecule has 0 heterocycles. The molecule has 2 N–H and O–H groups in total. The van der Waals surface area contributed by atoms with Crippen LogP contribution in [0.2, 0.25) is 0 Å². The van der Waals surface area contributed by atoms with E-state index in [1.807, 2.05) is 0 Å². The van der Waals surface area contributed by atoms with Gasteiger partial charge in [-0.2, -0.15) is 0 Å². The van der Waals surface area contributed by atoms with Crippen LogP contribution in [0.15, 0.2) is 18.2 Å². The molecule has 1 amide bonds. The number of nitrogens with one attached hydrogen (secondary N) is 2. The third-order valence-electron chi connectivity index (χ3n) is 2.33. The van der Waals surface area contributed by atoms with Gasteiger partial charge < -0.3 is 10.6 Å². The standard InChI is InChI=1S/C13H19FN2O/c1-9(2)6-7-15-11-4-5-12(14)13(8-11)16-10(3)17/h4-5,8-9,15H,6-7H2,1-3H3,(H,16,17). The van der Waals surface area contributed by atoms with E-state index < -0.39 is 5.82 Å². The van der Waals surface area contributed by atoms with Crippen LogP contribution in [-0.2, 0) is 4.79 Å². The second-order valence-electron chi connectivity index (χ2n) is 4.49. The van der Waals surface area contributed by atoms with Crippen LogP contribution in [0.4, 0.5) is 15.8 Å². The number of hydrogen-bond donors (Lipinski definition) is 2. The van der Waals surface area contributed by atoms with Crippen molar-refractivity contribution >= 4 is 17.3 Å². The first-order valence-corrected chi connectivity index (χ1v) is 5.80. The molecule has 0 bridgehead atoms. The van der Waals surface area contributed by atoms with Gasteiger partial charge in [-0.15, -0.1) is 0 Å². The minimum Gasteiger partial charge on any atom is -0.385 e. The van der Waals surface area contributed by atoms with Gasteiger partial charge >= 0.3 is 0 Å². The van der Waals surface area contributed by atoms with Crippen molar-refractivity contribution in [2.75, 3.05) is 17.2 Å². The van der Waals surface area contributed by atoms with Crippen molar-refractivity contribution in [2.45, 2.75) is 27.2 Å². The Morgan fingerprint density at radius 1 is 1.41 bits per heavy atom. The molecule has 94 valence electrons. The smallest absolute Gasteiger partial charge is 0.221 e. The molecule has 1 aromatic rings. The summed E-state index contributed by atoms with van der Waals surface area (Å²) in [6, 6.07) is 4.63. The van der Waals surface area contributed by atoms with E-state index in [-0.39, 0.29) is 11.6 Å². The lowest BCUT2D eigenvalue weighted by atomic mass is 10.1. The first-order chi connectivity index (χ1) is 7.99. The van der Waals surface area contributed by atoms with Crippen molar-refractivity contribution in [1.82, 2.24) is 0 Å². The second kappa shape index (κ2) is 6.23. The number of halogens is 1. The lowest BCUT2D eigenvalue weighted by Gasteiger charge is -2.10.